The molecule has 4 nitrogen and oxygen atoms in total. The van der Waals surface area contributed by atoms with E-state index in [9.17, 15) is 0 Å². The molecule has 2 aromatic heterocycles. The quantitative estimate of drug-likeness (QED) is 0.196. The summed E-state index contributed by atoms with van der Waals surface area (Å²) in [6, 6.07) is 48.7. The molecule has 0 atom stereocenters. The van der Waals surface area contributed by atoms with Gasteiger partial charge in [0.05, 0.1) is 23.4 Å². The number of nitrogens with zero attached hydrogens (tertiary/aromatic N) is 1. The number of aromatic nitrogens is 1. The maximum absolute atomic E-state index is 9.00. The molecule has 0 saturated carbocycles. The Morgan fingerprint density at radius 2 is 1.26 bits per heavy atom. The number of fused-ring (bicyclic) bond motifs is 5. The van der Waals surface area contributed by atoms with Gasteiger partial charge in [-0.2, -0.15) is 0 Å². The summed E-state index contributed by atoms with van der Waals surface area (Å²) in [7, 11) is 0. The van der Waals surface area contributed by atoms with E-state index in [-0.39, 0.29) is 0 Å². The summed E-state index contributed by atoms with van der Waals surface area (Å²) in [4.78, 5) is 0. The lowest BCUT2D eigenvalue weighted by molar-refractivity contribution is 0.673. The third-order valence-corrected chi connectivity index (χ3v) is 9.68. The third-order valence-electron chi connectivity index (χ3n) is 9.68. The fourth-order valence-corrected chi connectivity index (χ4v) is 7.66. The van der Waals surface area contributed by atoms with Crippen LogP contribution in [0.15, 0.2) is 144 Å². The summed E-state index contributed by atoms with van der Waals surface area (Å²) in [6.07, 6.45) is 0. The van der Waals surface area contributed by atoms with E-state index in [2.05, 4.69) is 101 Å². The van der Waals surface area contributed by atoms with Crippen molar-refractivity contribution in [2.45, 2.75) is 6.67 Å². The molecular weight excluding hydrogens is 562 g/mol. The Bertz CT molecular complexity index is 2820. The maximum atomic E-state index is 9.00. The lowest BCUT2D eigenvalue weighted by Gasteiger charge is -2.15. The molecule has 2 N–H and O–H groups in total. The van der Waals surface area contributed by atoms with Crippen molar-refractivity contribution in [1.29, 1.82) is 5.41 Å². The van der Waals surface area contributed by atoms with Crippen molar-refractivity contribution in [3.63, 3.8) is 0 Å². The SMILES string of the molecule is N=C(c1ccccc1)c1ccccc1NCn1c2cccc3c4ccccc4c4cc5ccccc5c5oc6ccc1c(c6c45)c32. The summed E-state index contributed by atoms with van der Waals surface area (Å²) in [6.45, 7) is 0.543. The van der Waals surface area contributed by atoms with Gasteiger partial charge in [-0.25, -0.2) is 0 Å². The molecule has 0 unspecified atom stereocenters. The molecule has 0 fully saturated rings. The van der Waals surface area contributed by atoms with Gasteiger partial charge in [-0.3, -0.25) is 5.41 Å². The lowest BCUT2D eigenvalue weighted by atomic mass is 9.93. The van der Waals surface area contributed by atoms with Gasteiger partial charge in [-0.05, 0) is 57.3 Å². The first kappa shape index (κ1) is 25.2. The molecule has 0 saturated heterocycles. The first-order valence-electron chi connectivity index (χ1n) is 15.7. The highest BCUT2D eigenvalue weighted by Crippen LogP contribution is 2.47. The molecule has 4 heteroatoms. The van der Waals surface area contributed by atoms with Crippen LogP contribution in [0.2, 0.25) is 0 Å². The minimum Gasteiger partial charge on any atom is -0.455 e. The Kier molecular flexibility index (Phi) is 5.17. The molecule has 10 aromatic rings. The van der Waals surface area contributed by atoms with Gasteiger partial charge in [0.25, 0.3) is 0 Å². The highest BCUT2D eigenvalue weighted by molar-refractivity contribution is 6.39. The van der Waals surface area contributed by atoms with Crippen LogP contribution in [0.3, 0.4) is 0 Å². The van der Waals surface area contributed by atoms with E-state index in [1.165, 1.54) is 48.5 Å². The Balaban J connectivity index is 1.28. The molecule has 0 aliphatic rings. The topological polar surface area (TPSA) is 54.0 Å². The number of benzene rings is 7. The first-order chi connectivity index (χ1) is 22.8. The van der Waals surface area contributed by atoms with Gasteiger partial charge in [0.2, 0.25) is 0 Å². The van der Waals surface area contributed by atoms with Gasteiger partial charge in [0, 0.05) is 43.7 Å². The first-order valence-corrected chi connectivity index (χ1v) is 15.7. The largest absolute Gasteiger partial charge is 0.455 e. The smallest absolute Gasteiger partial charge is 0.143 e. The van der Waals surface area contributed by atoms with Crippen molar-refractivity contribution in [2.75, 3.05) is 5.32 Å². The van der Waals surface area contributed by atoms with Gasteiger partial charge in [0.15, 0.2) is 0 Å². The summed E-state index contributed by atoms with van der Waals surface area (Å²) >= 11 is 0. The van der Waals surface area contributed by atoms with Crippen LogP contribution in [0.5, 0.6) is 0 Å². The van der Waals surface area contributed by atoms with Crippen molar-refractivity contribution in [1.82, 2.24) is 4.57 Å². The van der Waals surface area contributed by atoms with E-state index < -0.39 is 0 Å². The standard InChI is InChI=1S/C42H27N3O/c43-41(25-11-2-1-3-12-25)31-17-8-9-19-33(31)44-24-45-34-20-10-18-30-28-15-6-7-16-29(28)32-23-26-13-4-5-14-27(26)42-38(32)40-36(46-42)22-21-35(45)39(40)37(30)34/h1-23,43-44H,24H2. The summed E-state index contributed by atoms with van der Waals surface area (Å²) in [5, 5.41) is 24.7. The van der Waals surface area contributed by atoms with Crippen molar-refractivity contribution in [2.24, 2.45) is 0 Å². The van der Waals surface area contributed by atoms with Crippen LogP contribution >= 0.6 is 0 Å². The van der Waals surface area contributed by atoms with Crippen LogP contribution in [0.1, 0.15) is 11.1 Å². The van der Waals surface area contributed by atoms with E-state index in [0.29, 0.717) is 12.4 Å². The Morgan fingerprint density at radius 1 is 0.565 bits per heavy atom. The van der Waals surface area contributed by atoms with Crippen LogP contribution < -0.4 is 5.32 Å². The van der Waals surface area contributed by atoms with Crippen LogP contribution in [-0.4, -0.2) is 10.3 Å². The molecule has 0 radical (unpaired) electrons. The van der Waals surface area contributed by atoms with Crippen molar-refractivity contribution in [3.05, 3.63) is 151 Å². The van der Waals surface area contributed by atoms with E-state index in [1.54, 1.807) is 0 Å². The van der Waals surface area contributed by atoms with Crippen LogP contribution in [0, 0.1) is 5.41 Å². The van der Waals surface area contributed by atoms with Crippen molar-refractivity contribution >= 4 is 87.5 Å². The Morgan fingerprint density at radius 3 is 2.13 bits per heavy atom. The molecule has 46 heavy (non-hydrogen) atoms. The average Bonchev–Trinajstić information content (AvgIpc) is 3.66. The van der Waals surface area contributed by atoms with E-state index in [1.807, 2.05) is 48.5 Å². The summed E-state index contributed by atoms with van der Waals surface area (Å²) in [5.74, 6) is 0. The summed E-state index contributed by atoms with van der Waals surface area (Å²) < 4.78 is 9.16. The number of anilines is 1. The third kappa shape index (κ3) is 3.41. The molecule has 10 rings (SSSR count). The Labute approximate surface area is 263 Å². The highest BCUT2D eigenvalue weighted by atomic mass is 16.3. The van der Waals surface area contributed by atoms with E-state index in [4.69, 9.17) is 9.83 Å². The Hall–Kier alpha value is -6.13. The minimum absolute atomic E-state index is 0.502. The molecular formula is C42H27N3O. The molecule has 8 aromatic carbocycles. The lowest BCUT2D eigenvalue weighted by Crippen LogP contribution is -2.11. The minimum atomic E-state index is 0.502. The van der Waals surface area contributed by atoms with Crippen LogP contribution in [-0.2, 0) is 6.67 Å². The molecule has 0 aliphatic heterocycles. The van der Waals surface area contributed by atoms with Crippen molar-refractivity contribution in [3.8, 4) is 0 Å². The van der Waals surface area contributed by atoms with E-state index in [0.717, 1.165) is 44.4 Å². The molecule has 0 amide bonds. The zero-order chi connectivity index (χ0) is 30.4. The number of para-hydroxylation sites is 1. The fourth-order valence-electron chi connectivity index (χ4n) is 7.66. The van der Waals surface area contributed by atoms with Gasteiger partial charge >= 0.3 is 0 Å². The molecule has 0 spiro atoms. The monoisotopic (exact) mass is 589 g/mol. The molecule has 2 heterocycles. The molecule has 216 valence electrons. The van der Waals surface area contributed by atoms with Crippen molar-refractivity contribution < 1.29 is 4.42 Å². The van der Waals surface area contributed by atoms with Crippen LogP contribution in [0.25, 0.3) is 76.1 Å². The van der Waals surface area contributed by atoms with Crippen LogP contribution in [0.4, 0.5) is 5.69 Å². The van der Waals surface area contributed by atoms with Gasteiger partial charge in [-0.1, -0.05) is 109 Å². The van der Waals surface area contributed by atoms with Gasteiger partial charge in [-0.15, -0.1) is 0 Å². The number of rotatable bonds is 5. The number of nitrogens with one attached hydrogen (secondary N) is 2. The number of hydrogen-bond donors (Lipinski definition) is 2. The normalized spacial score (nSPS) is 12.1. The number of hydrogen-bond acceptors (Lipinski definition) is 3. The average molecular weight is 590 g/mol. The highest BCUT2D eigenvalue weighted by Gasteiger charge is 2.23. The zero-order valence-corrected chi connectivity index (χ0v) is 24.8. The zero-order valence-electron chi connectivity index (χ0n) is 24.8. The van der Waals surface area contributed by atoms with Gasteiger partial charge in [0.1, 0.15) is 11.2 Å². The number of furan rings is 1. The second kappa shape index (κ2) is 9.43. The predicted octanol–water partition coefficient (Wildman–Crippen LogP) is 11.1. The second-order valence-electron chi connectivity index (χ2n) is 12.1. The fraction of sp³-hybridized carbons (Fsp3) is 0.0238. The van der Waals surface area contributed by atoms with E-state index >= 15 is 0 Å². The summed E-state index contributed by atoms with van der Waals surface area (Å²) in [5.41, 5.74) is 7.37. The second-order valence-corrected chi connectivity index (χ2v) is 12.1. The molecule has 0 aliphatic carbocycles. The maximum Gasteiger partial charge on any atom is 0.143 e. The van der Waals surface area contributed by atoms with Gasteiger partial charge < -0.3 is 14.3 Å². The molecule has 0 bridgehead atoms. The predicted molar refractivity (Wildman–Crippen MR) is 193 cm³/mol.